The summed E-state index contributed by atoms with van der Waals surface area (Å²) in [5, 5.41) is 18.0. The molecule has 0 heterocycles. The highest BCUT2D eigenvalue weighted by Gasteiger charge is 2.33. The Balaban J connectivity index is 2.44. The zero-order valence-corrected chi connectivity index (χ0v) is 14.7. The number of hydrogen-bond acceptors (Lipinski definition) is 2. The summed E-state index contributed by atoms with van der Waals surface area (Å²) in [6.45, 7) is 11.3. The van der Waals surface area contributed by atoms with E-state index in [1.165, 1.54) is 36.8 Å². The maximum absolute atomic E-state index is 9.17. The van der Waals surface area contributed by atoms with Gasteiger partial charge in [-0.05, 0) is 68.8 Å². The van der Waals surface area contributed by atoms with Crippen LogP contribution in [0.2, 0.25) is 0 Å². The Morgan fingerprint density at radius 3 is 2.59 bits per heavy atom. The molecule has 0 aromatic rings. The molecule has 0 saturated heterocycles. The zero-order valence-electron chi connectivity index (χ0n) is 14.7. The molecule has 1 rings (SSSR count). The number of hydrogen-bond donors (Lipinski definition) is 2. The lowest BCUT2D eigenvalue weighted by Crippen LogP contribution is -2.29. The zero-order chi connectivity index (χ0) is 16.6. The predicted octanol–water partition coefficient (Wildman–Crippen LogP) is 4.79. The van der Waals surface area contributed by atoms with Crippen LogP contribution in [0.15, 0.2) is 35.5 Å². The molecule has 1 aliphatic carbocycles. The largest absolute Gasteiger partial charge is 0.392 e. The highest BCUT2D eigenvalue weighted by atomic mass is 16.3. The molecule has 1 aliphatic rings. The van der Waals surface area contributed by atoms with E-state index in [-0.39, 0.29) is 13.2 Å². The molecule has 1 unspecified atom stereocenters. The fourth-order valence-electron chi connectivity index (χ4n) is 3.62. The van der Waals surface area contributed by atoms with Crippen molar-refractivity contribution in [2.75, 3.05) is 13.2 Å². The van der Waals surface area contributed by atoms with Gasteiger partial charge in [-0.25, -0.2) is 0 Å². The van der Waals surface area contributed by atoms with Crippen LogP contribution in [-0.4, -0.2) is 23.4 Å². The minimum absolute atomic E-state index is 0.0114. The van der Waals surface area contributed by atoms with Gasteiger partial charge < -0.3 is 10.2 Å². The summed E-state index contributed by atoms with van der Waals surface area (Å²) in [6.07, 6.45) is 11.9. The third-order valence-corrected chi connectivity index (χ3v) is 5.12. The van der Waals surface area contributed by atoms with Gasteiger partial charge in [0.15, 0.2) is 0 Å². The number of allylic oxidation sites excluding steroid dienone is 3. The van der Waals surface area contributed by atoms with E-state index in [0.717, 1.165) is 24.8 Å². The fraction of sp³-hybridized carbons (Fsp3) is 0.700. The van der Waals surface area contributed by atoms with Gasteiger partial charge in [0.2, 0.25) is 0 Å². The molecule has 1 saturated carbocycles. The Kier molecular flexibility index (Phi) is 8.13. The Labute approximate surface area is 136 Å². The van der Waals surface area contributed by atoms with Gasteiger partial charge in [0.1, 0.15) is 0 Å². The van der Waals surface area contributed by atoms with E-state index in [2.05, 4.69) is 33.4 Å². The molecule has 0 bridgehead atoms. The topological polar surface area (TPSA) is 40.5 Å². The van der Waals surface area contributed by atoms with Gasteiger partial charge >= 0.3 is 0 Å². The fourth-order valence-corrected chi connectivity index (χ4v) is 3.62. The van der Waals surface area contributed by atoms with Gasteiger partial charge in [-0.1, -0.05) is 43.7 Å². The van der Waals surface area contributed by atoms with Crippen LogP contribution in [-0.2, 0) is 0 Å². The Hall–Kier alpha value is -0.860. The first kappa shape index (κ1) is 19.2. The standard InChI is InChI=1S/C20H34O2/c1-16(7-5-9-18(15-22)12-14-21)10-11-19-17(2)8-6-13-20(19,3)4/h7,12,19,21-22H,2,5-6,8-11,13-15H2,1,3-4H3. The van der Waals surface area contributed by atoms with Crippen LogP contribution in [0, 0.1) is 11.3 Å². The average Bonchev–Trinajstić information content (AvgIpc) is 2.45. The van der Waals surface area contributed by atoms with Gasteiger partial charge in [0.05, 0.1) is 13.2 Å². The van der Waals surface area contributed by atoms with Gasteiger partial charge in [-0.3, -0.25) is 0 Å². The maximum Gasteiger partial charge on any atom is 0.0642 e. The molecule has 0 radical (unpaired) electrons. The molecule has 2 heteroatoms. The van der Waals surface area contributed by atoms with E-state index in [4.69, 9.17) is 5.11 Å². The number of aliphatic hydroxyl groups excluding tert-OH is 2. The van der Waals surface area contributed by atoms with Crippen LogP contribution in [0.1, 0.15) is 65.7 Å². The van der Waals surface area contributed by atoms with Crippen molar-refractivity contribution in [3.63, 3.8) is 0 Å². The lowest BCUT2D eigenvalue weighted by atomic mass is 9.65. The monoisotopic (exact) mass is 306 g/mol. The third kappa shape index (κ3) is 6.10. The molecular weight excluding hydrogens is 272 g/mol. The minimum Gasteiger partial charge on any atom is -0.392 e. The van der Waals surface area contributed by atoms with Crippen molar-refractivity contribution in [2.24, 2.45) is 11.3 Å². The van der Waals surface area contributed by atoms with Crippen molar-refractivity contribution >= 4 is 0 Å². The summed E-state index contributed by atoms with van der Waals surface area (Å²) < 4.78 is 0. The van der Waals surface area contributed by atoms with Crippen LogP contribution in [0.5, 0.6) is 0 Å². The van der Waals surface area contributed by atoms with E-state index in [9.17, 15) is 5.11 Å². The molecule has 0 spiro atoms. The lowest BCUT2D eigenvalue weighted by molar-refractivity contribution is 0.180. The summed E-state index contributed by atoms with van der Waals surface area (Å²) in [5.41, 5.74) is 4.19. The van der Waals surface area contributed by atoms with Crippen LogP contribution in [0.4, 0.5) is 0 Å². The summed E-state index contributed by atoms with van der Waals surface area (Å²) in [5.74, 6) is 0.645. The molecule has 0 aliphatic heterocycles. The third-order valence-electron chi connectivity index (χ3n) is 5.12. The first-order chi connectivity index (χ1) is 10.4. The van der Waals surface area contributed by atoms with E-state index in [1.807, 2.05) is 0 Å². The normalized spacial score (nSPS) is 23.0. The van der Waals surface area contributed by atoms with Crippen molar-refractivity contribution in [3.8, 4) is 0 Å². The van der Waals surface area contributed by atoms with Crippen molar-refractivity contribution < 1.29 is 10.2 Å². The average molecular weight is 306 g/mol. The van der Waals surface area contributed by atoms with Gasteiger partial charge in [-0.2, -0.15) is 0 Å². The Morgan fingerprint density at radius 1 is 1.27 bits per heavy atom. The van der Waals surface area contributed by atoms with Crippen LogP contribution in [0.3, 0.4) is 0 Å². The van der Waals surface area contributed by atoms with Crippen molar-refractivity contribution in [3.05, 3.63) is 35.5 Å². The summed E-state index contributed by atoms with van der Waals surface area (Å²) in [6, 6.07) is 0. The van der Waals surface area contributed by atoms with Crippen LogP contribution >= 0.6 is 0 Å². The smallest absolute Gasteiger partial charge is 0.0642 e. The molecule has 22 heavy (non-hydrogen) atoms. The SMILES string of the molecule is C=C1CCCC(C)(C)C1CCC(C)=CCCC(=CCO)CO. The molecule has 2 N–H and O–H groups in total. The first-order valence-corrected chi connectivity index (χ1v) is 8.63. The van der Waals surface area contributed by atoms with Gasteiger partial charge in [-0.15, -0.1) is 0 Å². The van der Waals surface area contributed by atoms with E-state index in [1.54, 1.807) is 6.08 Å². The van der Waals surface area contributed by atoms with E-state index < -0.39 is 0 Å². The molecule has 0 amide bonds. The highest BCUT2D eigenvalue weighted by Crippen LogP contribution is 2.45. The maximum atomic E-state index is 9.17. The van der Waals surface area contributed by atoms with Crippen LogP contribution in [0.25, 0.3) is 0 Å². The van der Waals surface area contributed by atoms with Crippen molar-refractivity contribution in [2.45, 2.75) is 65.7 Å². The second-order valence-electron chi connectivity index (χ2n) is 7.38. The van der Waals surface area contributed by atoms with Crippen LogP contribution < -0.4 is 0 Å². The summed E-state index contributed by atoms with van der Waals surface area (Å²) >= 11 is 0. The summed E-state index contributed by atoms with van der Waals surface area (Å²) in [4.78, 5) is 0. The first-order valence-electron chi connectivity index (χ1n) is 8.63. The summed E-state index contributed by atoms with van der Waals surface area (Å²) in [7, 11) is 0. The lowest BCUT2D eigenvalue weighted by Gasteiger charge is -2.40. The predicted molar refractivity (Wildman–Crippen MR) is 94.7 cm³/mol. The Bertz CT molecular complexity index is 415. The Morgan fingerprint density at radius 2 is 2.00 bits per heavy atom. The molecule has 0 aromatic carbocycles. The van der Waals surface area contributed by atoms with E-state index in [0.29, 0.717) is 11.3 Å². The quantitative estimate of drug-likeness (QED) is 0.633. The molecule has 1 fully saturated rings. The molecule has 126 valence electrons. The number of aliphatic hydroxyl groups is 2. The van der Waals surface area contributed by atoms with Gasteiger partial charge in [0, 0.05) is 0 Å². The van der Waals surface area contributed by atoms with E-state index >= 15 is 0 Å². The molecule has 0 aromatic heterocycles. The van der Waals surface area contributed by atoms with Gasteiger partial charge in [0.25, 0.3) is 0 Å². The van der Waals surface area contributed by atoms with Crippen molar-refractivity contribution in [1.82, 2.24) is 0 Å². The molecular formula is C20H34O2. The number of rotatable bonds is 8. The minimum atomic E-state index is 0.0114. The molecule has 1 atom stereocenters. The second kappa shape index (κ2) is 9.32. The molecule has 2 nitrogen and oxygen atoms in total. The highest BCUT2D eigenvalue weighted by molar-refractivity contribution is 5.11. The van der Waals surface area contributed by atoms with Crippen molar-refractivity contribution in [1.29, 1.82) is 0 Å². The second-order valence-corrected chi connectivity index (χ2v) is 7.38.